The Balaban J connectivity index is 1.68. The Morgan fingerprint density at radius 3 is 2.46 bits per heavy atom. The summed E-state index contributed by atoms with van der Waals surface area (Å²) in [6.07, 6.45) is 0. The molecule has 0 aliphatic rings. The van der Waals surface area contributed by atoms with Gasteiger partial charge >= 0.3 is 0 Å². The average Bonchev–Trinajstić information content (AvgIpc) is 3.42. The van der Waals surface area contributed by atoms with Crippen molar-refractivity contribution < 1.29 is 9.47 Å². The van der Waals surface area contributed by atoms with Gasteiger partial charge in [0, 0.05) is 5.75 Å². The number of aromatic nitrogens is 3. The number of hydrogen-bond acceptors (Lipinski definition) is 6. The van der Waals surface area contributed by atoms with Crippen LogP contribution in [0, 0.1) is 0 Å². The van der Waals surface area contributed by atoms with Crippen molar-refractivity contribution in [2.45, 2.75) is 10.9 Å². The minimum Gasteiger partial charge on any atom is -0.497 e. The third kappa shape index (κ3) is 3.90. The summed E-state index contributed by atoms with van der Waals surface area (Å²) < 4.78 is 12.7. The molecule has 0 aliphatic carbocycles. The van der Waals surface area contributed by atoms with Gasteiger partial charge in [0.25, 0.3) is 0 Å². The highest BCUT2D eigenvalue weighted by molar-refractivity contribution is 7.98. The molecule has 4 rings (SSSR count). The lowest BCUT2D eigenvalue weighted by molar-refractivity contribution is 0.414. The van der Waals surface area contributed by atoms with Gasteiger partial charge in [0.2, 0.25) is 0 Å². The molecule has 0 spiro atoms. The van der Waals surface area contributed by atoms with Gasteiger partial charge in [0.15, 0.2) is 11.0 Å². The van der Waals surface area contributed by atoms with E-state index in [0.29, 0.717) is 0 Å². The molecule has 2 aromatic heterocycles. The van der Waals surface area contributed by atoms with Crippen molar-refractivity contribution in [2.24, 2.45) is 0 Å². The van der Waals surface area contributed by atoms with E-state index in [1.165, 1.54) is 5.56 Å². The number of thioether (sulfide) groups is 1. The van der Waals surface area contributed by atoms with Crippen molar-refractivity contribution in [1.82, 2.24) is 14.8 Å². The second-order valence-electron chi connectivity index (χ2n) is 5.96. The second kappa shape index (κ2) is 8.50. The van der Waals surface area contributed by atoms with Crippen LogP contribution in [0.2, 0.25) is 0 Å². The molecule has 5 nitrogen and oxygen atoms in total. The topological polar surface area (TPSA) is 49.2 Å². The standard InChI is InChI=1S/C21H19N3O2S2/c1-25-17-10-8-16(9-11-17)24-20(19-7-4-12-27-19)22-23-21(24)28-14-15-5-3-6-18(13-15)26-2/h3-13H,14H2,1-2H3. The molecule has 0 atom stereocenters. The first kappa shape index (κ1) is 18.6. The Bertz CT molecular complexity index is 1040. The maximum atomic E-state index is 5.32. The van der Waals surface area contributed by atoms with E-state index in [1.54, 1.807) is 37.3 Å². The van der Waals surface area contributed by atoms with Crippen LogP contribution in [0.25, 0.3) is 16.4 Å². The lowest BCUT2D eigenvalue weighted by atomic mass is 10.2. The highest BCUT2D eigenvalue weighted by Gasteiger charge is 2.17. The largest absolute Gasteiger partial charge is 0.497 e. The van der Waals surface area contributed by atoms with Crippen LogP contribution in [0.1, 0.15) is 5.56 Å². The summed E-state index contributed by atoms with van der Waals surface area (Å²) in [5.41, 5.74) is 2.17. The Kier molecular flexibility index (Phi) is 5.64. The van der Waals surface area contributed by atoms with Crippen molar-refractivity contribution >= 4 is 23.1 Å². The van der Waals surface area contributed by atoms with Gasteiger partial charge in [-0.05, 0) is 53.4 Å². The quantitative estimate of drug-likeness (QED) is 0.387. The Morgan fingerprint density at radius 1 is 0.929 bits per heavy atom. The molecule has 142 valence electrons. The molecule has 0 amide bonds. The fourth-order valence-electron chi connectivity index (χ4n) is 2.80. The van der Waals surface area contributed by atoms with E-state index in [2.05, 4.69) is 26.9 Å². The number of benzene rings is 2. The molecule has 0 unspecified atom stereocenters. The first-order valence-electron chi connectivity index (χ1n) is 8.68. The van der Waals surface area contributed by atoms with Crippen LogP contribution in [0.3, 0.4) is 0 Å². The number of ether oxygens (including phenoxy) is 2. The second-order valence-corrected chi connectivity index (χ2v) is 7.85. The smallest absolute Gasteiger partial charge is 0.196 e. The van der Waals surface area contributed by atoms with Gasteiger partial charge < -0.3 is 9.47 Å². The van der Waals surface area contributed by atoms with Crippen molar-refractivity contribution in [3.8, 4) is 27.9 Å². The van der Waals surface area contributed by atoms with Crippen LogP contribution >= 0.6 is 23.1 Å². The third-order valence-corrected chi connectivity index (χ3v) is 6.07. The molecule has 0 saturated carbocycles. The Morgan fingerprint density at radius 2 is 1.75 bits per heavy atom. The highest BCUT2D eigenvalue weighted by Crippen LogP contribution is 2.32. The van der Waals surface area contributed by atoms with E-state index in [0.717, 1.165) is 38.8 Å². The van der Waals surface area contributed by atoms with Crippen LogP contribution in [0.15, 0.2) is 71.2 Å². The van der Waals surface area contributed by atoms with Crippen LogP contribution in [-0.4, -0.2) is 29.0 Å². The number of rotatable bonds is 7. The van der Waals surface area contributed by atoms with Gasteiger partial charge in [-0.25, -0.2) is 0 Å². The van der Waals surface area contributed by atoms with Gasteiger partial charge in [-0.15, -0.1) is 21.5 Å². The molecule has 28 heavy (non-hydrogen) atoms. The number of methoxy groups -OCH3 is 2. The molecular formula is C21H19N3O2S2. The first-order chi connectivity index (χ1) is 13.8. The number of nitrogens with zero attached hydrogens (tertiary/aromatic N) is 3. The van der Waals surface area contributed by atoms with Gasteiger partial charge in [-0.1, -0.05) is 30.0 Å². The highest BCUT2D eigenvalue weighted by atomic mass is 32.2. The van der Waals surface area contributed by atoms with Crippen LogP contribution in [-0.2, 0) is 5.75 Å². The summed E-state index contributed by atoms with van der Waals surface area (Å²) in [7, 11) is 3.35. The zero-order valence-corrected chi connectivity index (χ0v) is 17.2. The number of hydrogen-bond donors (Lipinski definition) is 0. The fraction of sp³-hybridized carbons (Fsp3) is 0.143. The van der Waals surface area contributed by atoms with Crippen LogP contribution < -0.4 is 9.47 Å². The van der Waals surface area contributed by atoms with Crippen molar-refractivity contribution in [3.05, 3.63) is 71.6 Å². The van der Waals surface area contributed by atoms with E-state index in [1.807, 2.05) is 53.9 Å². The zero-order chi connectivity index (χ0) is 19.3. The summed E-state index contributed by atoms with van der Waals surface area (Å²) in [6.45, 7) is 0. The SMILES string of the molecule is COc1ccc(-n2c(SCc3cccc(OC)c3)nnc2-c2cccs2)cc1. The van der Waals surface area contributed by atoms with E-state index in [4.69, 9.17) is 9.47 Å². The summed E-state index contributed by atoms with van der Waals surface area (Å²) in [5.74, 6) is 3.29. The minimum absolute atomic E-state index is 0.774. The van der Waals surface area contributed by atoms with Crippen molar-refractivity contribution in [1.29, 1.82) is 0 Å². The molecule has 2 aromatic carbocycles. The van der Waals surface area contributed by atoms with Gasteiger partial charge in [0.05, 0.1) is 24.8 Å². The van der Waals surface area contributed by atoms with E-state index in [9.17, 15) is 0 Å². The van der Waals surface area contributed by atoms with Gasteiger partial charge in [0.1, 0.15) is 11.5 Å². The van der Waals surface area contributed by atoms with Crippen LogP contribution in [0.5, 0.6) is 11.5 Å². The van der Waals surface area contributed by atoms with Gasteiger partial charge in [-0.3, -0.25) is 4.57 Å². The molecule has 7 heteroatoms. The molecule has 2 heterocycles. The van der Waals surface area contributed by atoms with Crippen molar-refractivity contribution in [2.75, 3.05) is 14.2 Å². The monoisotopic (exact) mass is 409 g/mol. The maximum Gasteiger partial charge on any atom is 0.196 e. The molecule has 0 aliphatic heterocycles. The third-order valence-electron chi connectivity index (χ3n) is 4.21. The fourth-order valence-corrected chi connectivity index (χ4v) is 4.40. The normalized spacial score (nSPS) is 10.8. The summed E-state index contributed by atoms with van der Waals surface area (Å²) in [4.78, 5) is 1.08. The predicted molar refractivity (Wildman–Crippen MR) is 114 cm³/mol. The Hall–Kier alpha value is -2.77. The maximum absolute atomic E-state index is 5.32. The molecule has 4 aromatic rings. The molecular weight excluding hydrogens is 390 g/mol. The zero-order valence-electron chi connectivity index (χ0n) is 15.5. The van der Waals surface area contributed by atoms with Crippen LogP contribution in [0.4, 0.5) is 0 Å². The summed E-state index contributed by atoms with van der Waals surface area (Å²) >= 11 is 3.30. The first-order valence-corrected chi connectivity index (χ1v) is 10.5. The Labute approximate surface area is 172 Å². The lowest BCUT2D eigenvalue weighted by Crippen LogP contribution is -1.99. The lowest BCUT2D eigenvalue weighted by Gasteiger charge is -2.10. The predicted octanol–water partition coefficient (Wildman–Crippen LogP) is 5.31. The number of thiophene rings is 1. The van der Waals surface area contributed by atoms with E-state index in [-0.39, 0.29) is 0 Å². The summed E-state index contributed by atoms with van der Waals surface area (Å²) in [5, 5.41) is 11.8. The van der Waals surface area contributed by atoms with Crippen molar-refractivity contribution in [3.63, 3.8) is 0 Å². The summed E-state index contributed by atoms with van der Waals surface area (Å²) in [6, 6.07) is 20.1. The molecule has 0 saturated heterocycles. The molecule has 0 N–H and O–H groups in total. The molecule has 0 fully saturated rings. The minimum atomic E-state index is 0.774. The molecule has 0 bridgehead atoms. The van der Waals surface area contributed by atoms with E-state index < -0.39 is 0 Å². The van der Waals surface area contributed by atoms with Gasteiger partial charge in [-0.2, -0.15) is 0 Å². The van der Waals surface area contributed by atoms with E-state index >= 15 is 0 Å². The molecule has 0 radical (unpaired) electrons. The average molecular weight is 410 g/mol.